The topological polar surface area (TPSA) is 87.4 Å². The number of fused-ring (bicyclic) bond motifs is 1. The summed E-state index contributed by atoms with van der Waals surface area (Å²) in [4.78, 5) is 9.24. The number of nitrogens with zero attached hydrogens (tertiary/aromatic N) is 4. The number of phenolic OH excluding ortho intramolecular Hbond substituents is 1. The van der Waals surface area contributed by atoms with E-state index in [0.29, 0.717) is 18.3 Å². The molecule has 8 heteroatoms. The Morgan fingerprint density at radius 1 is 1.37 bits per heavy atom. The summed E-state index contributed by atoms with van der Waals surface area (Å²) >= 11 is 0. The van der Waals surface area contributed by atoms with Crippen molar-refractivity contribution in [2.24, 2.45) is 4.99 Å². The molecule has 1 aromatic heterocycles. The highest BCUT2D eigenvalue weighted by atomic mass is 127. The summed E-state index contributed by atoms with van der Waals surface area (Å²) in [5, 5.41) is 20.9. The van der Waals surface area contributed by atoms with Gasteiger partial charge in [-0.15, -0.1) is 24.0 Å². The lowest BCUT2D eigenvalue weighted by atomic mass is 10.1. The molecule has 0 fully saturated rings. The summed E-state index contributed by atoms with van der Waals surface area (Å²) in [6.07, 6.45) is 3.63. The molecule has 1 unspecified atom stereocenters. The first-order valence-corrected chi connectivity index (χ1v) is 9.43. The lowest BCUT2D eigenvalue weighted by Gasteiger charge is -2.25. The van der Waals surface area contributed by atoms with Crippen LogP contribution in [0.2, 0.25) is 0 Å². The van der Waals surface area contributed by atoms with Gasteiger partial charge in [0.15, 0.2) is 11.8 Å². The maximum Gasteiger partial charge on any atom is 0.191 e. The maximum absolute atomic E-state index is 9.55. The second kappa shape index (κ2) is 10.5. The lowest BCUT2D eigenvalue weighted by Crippen LogP contribution is -2.47. The predicted octanol–water partition coefficient (Wildman–Crippen LogP) is 2.28. The van der Waals surface area contributed by atoms with Gasteiger partial charge in [-0.05, 0) is 37.5 Å². The fraction of sp³-hybridized carbons (Fsp3) is 0.526. The first-order chi connectivity index (χ1) is 12.7. The standard InChI is InChI=1S/C19H28N6O.HI/c1-3-17-23-18-9-8-15(13-25(18)24-17)22-19(20-4-2)21-11-10-14-6-5-7-16(26)12-14;/h5-7,12,15,26H,3-4,8-11,13H2,1-2H3,(H2,20,21,22);1H. The lowest BCUT2D eigenvalue weighted by molar-refractivity contribution is 0.392. The number of guanidine groups is 1. The minimum atomic E-state index is 0. The van der Waals surface area contributed by atoms with Crippen LogP contribution in [0, 0.1) is 0 Å². The minimum Gasteiger partial charge on any atom is -0.508 e. The molecule has 1 aliphatic rings. The molecule has 0 saturated carbocycles. The third kappa shape index (κ3) is 6.08. The number of phenols is 1. The Balaban J connectivity index is 0.00000261. The Morgan fingerprint density at radius 2 is 2.22 bits per heavy atom. The minimum absolute atomic E-state index is 0. The van der Waals surface area contributed by atoms with Gasteiger partial charge in [0.05, 0.1) is 6.54 Å². The second-order valence-corrected chi connectivity index (χ2v) is 6.54. The maximum atomic E-state index is 9.55. The van der Waals surface area contributed by atoms with E-state index >= 15 is 0 Å². The highest BCUT2D eigenvalue weighted by Crippen LogP contribution is 2.14. The molecule has 7 nitrogen and oxygen atoms in total. The van der Waals surface area contributed by atoms with E-state index in [0.717, 1.165) is 61.9 Å². The average molecular weight is 484 g/mol. The zero-order valence-electron chi connectivity index (χ0n) is 16.0. The number of aryl methyl sites for hydroxylation is 2. The van der Waals surface area contributed by atoms with Crippen molar-refractivity contribution >= 4 is 29.9 Å². The van der Waals surface area contributed by atoms with E-state index < -0.39 is 0 Å². The summed E-state index contributed by atoms with van der Waals surface area (Å²) < 4.78 is 2.02. The van der Waals surface area contributed by atoms with Crippen molar-refractivity contribution in [2.75, 3.05) is 13.1 Å². The van der Waals surface area contributed by atoms with Crippen molar-refractivity contribution in [1.29, 1.82) is 0 Å². The molecule has 3 N–H and O–H groups in total. The number of aliphatic imine (C=N–C) groups is 1. The van der Waals surface area contributed by atoms with Crippen molar-refractivity contribution < 1.29 is 5.11 Å². The fourth-order valence-electron chi connectivity index (χ4n) is 3.15. The Labute approximate surface area is 177 Å². The van der Waals surface area contributed by atoms with E-state index in [4.69, 9.17) is 0 Å². The van der Waals surface area contributed by atoms with Crippen LogP contribution in [0.3, 0.4) is 0 Å². The molecule has 1 aliphatic heterocycles. The number of halogens is 1. The molecule has 0 radical (unpaired) electrons. The highest BCUT2D eigenvalue weighted by Gasteiger charge is 2.21. The molecule has 2 heterocycles. The summed E-state index contributed by atoms with van der Waals surface area (Å²) in [6.45, 7) is 6.45. The molecule has 148 valence electrons. The molecule has 2 aromatic rings. The van der Waals surface area contributed by atoms with Crippen LogP contribution in [0.15, 0.2) is 29.3 Å². The van der Waals surface area contributed by atoms with Crippen LogP contribution in [-0.4, -0.2) is 45.0 Å². The van der Waals surface area contributed by atoms with Gasteiger partial charge >= 0.3 is 0 Å². The molecule has 0 spiro atoms. The fourth-order valence-corrected chi connectivity index (χ4v) is 3.15. The number of benzene rings is 1. The van der Waals surface area contributed by atoms with Gasteiger partial charge < -0.3 is 15.7 Å². The van der Waals surface area contributed by atoms with Gasteiger partial charge in [-0.3, -0.25) is 4.99 Å². The van der Waals surface area contributed by atoms with Gasteiger partial charge in [-0.2, -0.15) is 5.10 Å². The molecule has 1 atom stereocenters. The molecular weight excluding hydrogens is 455 g/mol. The quantitative estimate of drug-likeness (QED) is 0.333. The number of rotatable bonds is 6. The zero-order chi connectivity index (χ0) is 18.4. The van der Waals surface area contributed by atoms with E-state index in [1.54, 1.807) is 12.1 Å². The molecule has 3 rings (SSSR count). The van der Waals surface area contributed by atoms with Crippen molar-refractivity contribution in [3.8, 4) is 5.75 Å². The Hall–Kier alpha value is -1.84. The molecule has 0 saturated heterocycles. The number of aromatic nitrogens is 3. The first kappa shape index (κ1) is 21.5. The summed E-state index contributed by atoms with van der Waals surface area (Å²) in [5.41, 5.74) is 1.08. The number of hydrogen-bond acceptors (Lipinski definition) is 4. The van der Waals surface area contributed by atoms with E-state index in [-0.39, 0.29) is 24.0 Å². The van der Waals surface area contributed by atoms with Crippen LogP contribution in [0.1, 0.15) is 37.5 Å². The monoisotopic (exact) mass is 484 g/mol. The molecule has 1 aromatic carbocycles. The van der Waals surface area contributed by atoms with Gasteiger partial charge in [-0.1, -0.05) is 19.1 Å². The normalized spacial score (nSPS) is 16.4. The largest absolute Gasteiger partial charge is 0.508 e. The molecular formula is C19H29IN6O. The summed E-state index contributed by atoms with van der Waals surface area (Å²) in [7, 11) is 0. The van der Waals surface area contributed by atoms with Crippen molar-refractivity contribution in [3.05, 3.63) is 41.5 Å². The van der Waals surface area contributed by atoms with Crippen LogP contribution in [0.4, 0.5) is 0 Å². The summed E-state index contributed by atoms with van der Waals surface area (Å²) in [6, 6.07) is 7.64. The SMILES string of the molecule is CCNC(=NCCc1cccc(O)c1)NC1CCc2nc(CC)nn2C1.I. The average Bonchev–Trinajstić information content (AvgIpc) is 3.04. The van der Waals surface area contributed by atoms with Gasteiger partial charge in [0, 0.05) is 32.0 Å². The second-order valence-electron chi connectivity index (χ2n) is 6.54. The molecule has 0 aliphatic carbocycles. The third-order valence-corrected chi connectivity index (χ3v) is 4.48. The van der Waals surface area contributed by atoms with Crippen molar-refractivity contribution in [1.82, 2.24) is 25.4 Å². The van der Waals surface area contributed by atoms with Gasteiger partial charge in [-0.25, -0.2) is 9.67 Å². The predicted molar refractivity (Wildman–Crippen MR) is 118 cm³/mol. The first-order valence-electron chi connectivity index (χ1n) is 9.43. The number of nitrogens with one attached hydrogen (secondary N) is 2. The van der Waals surface area contributed by atoms with Crippen LogP contribution in [0.5, 0.6) is 5.75 Å². The Bertz CT molecular complexity index is 760. The third-order valence-electron chi connectivity index (χ3n) is 4.48. The van der Waals surface area contributed by atoms with Crippen molar-refractivity contribution in [3.63, 3.8) is 0 Å². The van der Waals surface area contributed by atoms with Crippen LogP contribution in [-0.2, 0) is 25.8 Å². The van der Waals surface area contributed by atoms with E-state index in [9.17, 15) is 5.11 Å². The van der Waals surface area contributed by atoms with E-state index in [2.05, 4.69) is 39.6 Å². The Kier molecular flexibility index (Phi) is 8.33. The van der Waals surface area contributed by atoms with Crippen LogP contribution >= 0.6 is 24.0 Å². The van der Waals surface area contributed by atoms with Crippen LogP contribution < -0.4 is 10.6 Å². The smallest absolute Gasteiger partial charge is 0.191 e. The molecule has 27 heavy (non-hydrogen) atoms. The van der Waals surface area contributed by atoms with Gasteiger partial charge in [0.2, 0.25) is 0 Å². The zero-order valence-corrected chi connectivity index (χ0v) is 18.3. The molecule has 0 amide bonds. The summed E-state index contributed by atoms with van der Waals surface area (Å²) in [5.74, 6) is 3.14. The van der Waals surface area contributed by atoms with Crippen LogP contribution in [0.25, 0.3) is 0 Å². The van der Waals surface area contributed by atoms with Crippen molar-refractivity contribution in [2.45, 2.75) is 52.1 Å². The van der Waals surface area contributed by atoms with Gasteiger partial charge in [0.1, 0.15) is 11.6 Å². The van der Waals surface area contributed by atoms with E-state index in [1.807, 2.05) is 16.8 Å². The molecule has 0 bridgehead atoms. The van der Waals surface area contributed by atoms with Gasteiger partial charge in [0.25, 0.3) is 0 Å². The number of aromatic hydroxyl groups is 1. The van der Waals surface area contributed by atoms with E-state index in [1.165, 1.54) is 0 Å². The Morgan fingerprint density at radius 3 is 2.96 bits per heavy atom. The number of hydrogen-bond donors (Lipinski definition) is 3. The highest BCUT2D eigenvalue weighted by molar-refractivity contribution is 14.0.